The van der Waals surface area contributed by atoms with E-state index in [1.165, 1.54) is 16.9 Å². The molecule has 1 atom stereocenters. The quantitative estimate of drug-likeness (QED) is 0.655. The molecule has 2 amide bonds. The summed E-state index contributed by atoms with van der Waals surface area (Å²) in [6.07, 6.45) is 1.89. The molecule has 1 unspecified atom stereocenters. The Hall–Kier alpha value is -1.85. The van der Waals surface area contributed by atoms with Gasteiger partial charge in [0.15, 0.2) is 0 Å². The molecule has 2 aromatic rings. The first-order chi connectivity index (χ1) is 10.8. The Morgan fingerprint density at radius 1 is 1.09 bits per heavy atom. The number of rotatable bonds is 8. The molecule has 1 aromatic carbocycles. The van der Waals surface area contributed by atoms with E-state index in [-0.39, 0.29) is 6.03 Å². The van der Waals surface area contributed by atoms with Crippen molar-refractivity contribution in [2.75, 3.05) is 13.1 Å². The van der Waals surface area contributed by atoms with Gasteiger partial charge in [0.1, 0.15) is 0 Å². The summed E-state index contributed by atoms with van der Waals surface area (Å²) in [5, 5.41) is 17.4. The SMILES string of the molecule is O=C(NCCCc1ccccc1)NCCC(O)c1cccs1. The van der Waals surface area contributed by atoms with Crippen molar-refractivity contribution in [3.8, 4) is 0 Å². The van der Waals surface area contributed by atoms with Crippen LogP contribution in [0.25, 0.3) is 0 Å². The van der Waals surface area contributed by atoms with E-state index in [0.29, 0.717) is 19.5 Å². The number of amides is 2. The normalized spacial score (nSPS) is 11.9. The highest BCUT2D eigenvalue weighted by Crippen LogP contribution is 2.20. The molecule has 0 bridgehead atoms. The van der Waals surface area contributed by atoms with E-state index < -0.39 is 6.10 Å². The number of aliphatic hydroxyl groups excluding tert-OH is 1. The Balaban J connectivity index is 1.53. The van der Waals surface area contributed by atoms with Crippen LogP contribution in [0.1, 0.15) is 29.4 Å². The Morgan fingerprint density at radius 2 is 1.86 bits per heavy atom. The van der Waals surface area contributed by atoms with Crippen LogP contribution in [-0.2, 0) is 6.42 Å². The number of thiophene rings is 1. The second-order valence-corrected chi connectivity index (χ2v) is 6.07. The summed E-state index contributed by atoms with van der Waals surface area (Å²) in [4.78, 5) is 12.6. The second-order valence-electron chi connectivity index (χ2n) is 5.09. The lowest BCUT2D eigenvalue weighted by atomic mass is 10.1. The maximum atomic E-state index is 11.6. The second kappa shape index (κ2) is 9.23. The van der Waals surface area contributed by atoms with Crippen LogP contribution < -0.4 is 10.6 Å². The van der Waals surface area contributed by atoms with Gasteiger partial charge in [-0.15, -0.1) is 11.3 Å². The van der Waals surface area contributed by atoms with Gasteiger partial charge in [-0.3, -0.25) is 0 Å². The van der Waals surface area contributed by atoms with Crippen LogP contribution in [0.3, 0.4) is 0 Å². The van der Waals surface area contributed by atoms with E-state index in [1.54, 1.807) is 0 Å². The van der Waals surface area contributed by atoms with Gasteiger partial charge in [0.05, 0.1) is 6.10 Å². The summed E-state index contributed by atoms with van der Waals surface area (Å²) in [6, 6.07) is 13.9. The highest BCUT2D eigenvalue weighted by atomic mass is 32.1. The van der Waals surface area contributed by atoms with Gasteiger partial charge in [0.2, 0.25) is 0 Å². The molecule has 0 aliphatic carbocycles. The number of urea groups is 1. The van der Waals surface area contributed by atoms with Crippen molar-refractivity contribution in [1.82, 2.24) is 10.6 Å². The fourth-order valence-corrected chi connectivity index (χ4v) is 2.89. The summed E-state index contributed by atoms with van der Waals surface area (Å²) < 4.78 is 0. The van der Waals surface area contributed by atoms with Gasteiger partial charge in [0.25, 0.3) is 0 Å². The summed E-state index contributed by atoms with van der Waals surface area (Å²) in [5.74, 6) is 0. The largest absolute Gasteiger partial charge is 0.388 e. The molecular weight excluding hydrogens is 296 g/mol. The first kappa shape index (κ1) is 16.5. The molecule has 4 nitrogen and oxygen atoms in total. The molecule has 1 aromatic heterocycles. The minimum absolute atomic E-state index is 0.175. The van der Waals surface area contributed by atoms with Crippen molar-refractivity contribution in [2.24, 2.45) is 0 Å². The van der Waals surface area contributed by atoms with E-state index in [2.05, 4.69) is 22.8 Å². The van der Waals surface area contributed by atoms with Crippen molar-refractivity contribution < 1.29 is 9.90 Å². The van der Waals surface area contributed by atoms with E-state index in [4.69, 9.17) is 0 Å². The smallest absolute Gasteiger partial charge is 0.314 e. The maximum absolute atomic E-state index is 11.6. The van der Waals surface area contributed by atoms with Crippen LogP contribution in [-0.4, -0.2) is 24.2 Å². The minimum atomic E-state index is -0.501. The lowest BCUT2D eigenvalue weighted by molar-refractivity contribution is 0.170. The molecule has 0 aliphatic heterocycles. The molecule has 0 spiro atoms. The number of nitrogens with one attached hydrogen (secondary N) is 2. The van der Waals surface area contributed by atoms with Gasteiger partial charge in [-0.05, 0) is 36.3 Å². The Morgan fingerprint density at radius 3 is 2.59 bits per heavy atom. The number of hydrogen-bond donors (Lipinski definition) is 3. The fourth-order valence-electron chi connectivity index (χ4n) is 2.15. The zero-order chi connectivity index (χ0) is 15.6. The van der Waals surface area contributed by atoms with E-state index in [1.807, 2.05) is 35.7 Å². The Labute approximate surface area is 135 Å². The molecule has 5 heteroatoms. The topological polar surface area (TPSA) is 61.4 Å². The van der Waals surface area contributed by atoms with E-state index in [9.17, 15) is 9.90 Å². The number of benzene rings is 1. The molecule has 0 saturated heterocycles. The van der Waals surface area contributed by atoms with Crippen LogP contribution in [0.2, 0.25) is 0 Å². The van der Waals surface area contributed by atoms with Gasteiger partial charge in [-0.1, -0.05) is 36.4 Å². The third-order valence-corrected chi connectivity index (χ3v) is 4.32. The molecule has 0 radical (unpaired) electrons. The fraction of sp³-hybridized carbons (Fsp3) is 0.353. The summed E-state index contributed by atoms with van der Waals surface area (Å²) in [5.41, 5.74) is 1.28. The molecule has 3 N–H and O–H groups in total. The number of aryl methyl sites for hydroxylation is 1. The van der Waals surface area contributed by atoms with Gasteiger partial charge in [-0.25, -0.2) is 4.79 Å². The van der Waals surface area contributed by atoms with Gasteiger partial charge in [-0.2, -0.15) is 0 Å². The van der Waals surface area contributed by atoms with Crippen LogP contribution in [0.4, 0.5) is 4.79 Å². The molecule has 22 heavy (non-hydrogen) atoms. The van der Waals surface area contributed by atoms with Crippen molar-refractivity contribution >= 4 is 17.4 Å². The molecule has 2 rings (SSSR count). The average molecular weight is 318 g/mol. The standard InChI is InChI=1S/C17H22N2O2S/c20-15(16-9-5-13-22-16)10-12-19-17(21)18-11-4-8-14-6-2-1-3-7-14/h1-3,5-7,9,13,15,20H,4,8,10-12H2,(H2,18,19,21). The highest BCUT2D eigenvalue weighted by Gasteiger charge is 2.08. The lowest BCUT2D eigenvalue weighted by Gasteiger charge is -2.10. The predicted octanol–water partition coefficient (Wildman–Crippen LogP) is 3.10. The van der Waals surface area contributed by atoms with Crippen molar-refractivity contribution in [3.05, 3.63) is 58.3 Å². The van der Waals surface area contributed by atoms with Crippen LogP contribution in [0, 0.1) is 0 Å². The number of carbonyl (C=O) groups is 1. The number of hydrogen-bond acceptors (Lipinski definition) is 3. The van der Waals surface area contributed by atoms with Crippen LogP contribution in [0.5, 0.6) is 0 Å². The Kier molecular flexibility index (Phi) is 6.93. The lowest BCUT2D eigenvalue weighted by Crippen LogP contribution is -2.37. The average Bonchev–Trinajstić information content (AvgIpc) is 3.07. The zero-order valence-corrected chi connectivity index (χ0v) is 13.3. The summed E-state index contributed by atoms with van der Waals surface area (Å²) >= 11 is 1.53. The number of aliphatic hydroxyl groups is 1. The minimum Gasteiger partial charge on any atom is -0.388 e. The predicted molar refractivity (Wildman–Crippen MR) is 90.1 cm³/mol. The Bertz CT molecular complexity index is 543. The summed E-state index contributed by atoms with van der Waals surface area (Å²) in [6.45, 7) is 1.11. The first-order valence-corrected chi connectivity index (χ1v) is 8.41. The molecule has 0 fully saturated rings. The number of carbonyl (C=O) groups excluding carboxylic acids is 1. The van der Waals surface area contributed by atoms with E-state index in [0.717, 1.165) is 17.7 Å². The highest BCUT2D eigenvalue weighted by molar-refractivity contribution is 7.10. The van der Waals surface area contributed by atoms with Gasteiger partial charge < -0.3 is 15.7 Å². The van der Waals surface area contributed by atoms with E-state index >= 15 is 0 Å². The van der Waals surface area contributed by atoms with Crippen molar-refractivity contribution in [3.63, 3.8) is 0 Å². The third kappa shape index (κ3) is 5.87. The maximum Gasteiger partial charge on any atom is 0.314 e. The van der Waals surface area contributed by atoms with Crippen molar-refractivity contribution in [1.29, 1.82) is 0 Å². The van der Waals surface area contributed by atoms with Crippen LogP contribution >= 0.6 is 11.3 Å². The first-order valence-electron chi connectivity index (χ1n) is 7.53. The monoisotopic (exact) mass is 318 g/mol. The molecule has 1 heterocycles. The van der Waals surface area contributed by atoms with Crippen LogP contribution in [0.15, 0.2) is 47.8 Å². The third-order valence-electron chi connectivity index (χ3n) is 3.35. The molecular formula is C17H22N2O2S. The molecule has 118 valence electrons. The van der Waals surface area contributed by atoms with Gasteiger partial charge >= 0.3 is 6.03 Å². The van der Waals surface area contributed by atoms with Crippen molar-refractivity contribution in [2.45, 2.75) is 25.4 Å². The molecule has 0 aliphatic rings. The molecule has 0 saturated carbocycles. The van der Waals surface area contributed by atoms with Gasteiger partial charge in [0, 0.05) is 18.0 Å². The zero-order valence-electron chi connectivity index (χ0n) is 12.5. The summed E-state index contributed by atoms with van der Waals surface area (Å²) in [7, 11) is 0.